The van der Waals surface area contributed by atoms with Crippen LogP contribution in [0.2, 0.25) is 0 Å². The Morgan fingerprint density at radius 3 is 2.67 bits per heavy atom. The number of halogens is 1. The van der Waals surface area contributed by atoms with Crippen molar-refractivity contribution in [3.63, 3.8) is 0 Å². The molecular weight excluding hydrogens is 269 g/mol. The van der Waals surface area contributed by atoms with Crippen molar-refractivity contribution in [1.82, 2.24) is 9.78 Å². The van der Waals surface area contributed by atoms with Crippen molar-refractivity contribution in [2.75, 3.05) is 12.4 Å². The van der Waals surface area contributed by atoms with Crippen molar-refractivity contribution in [2.45, 2.75) is 40.3 Å². The molecule has 0 bridgehead atoms. The predicted octanol–water partition coefficient (Wildman–Crippen LogP) is 3.84. The van der Waals surface area contributed by atoms with Crippen molar-refractivity contribution >= 4 is 5.69 Å². The number of aryl methyl sites for hydroxylation is 2. The summed E-state index contributed by atoms with van der Waals surface area (Å²) in [5.41, 5.74) is 4.10. The second-order valence-electron chi connectivity index (χ2n) is 5.11. The molecule has 4 nitrogen and oxygen atoms in total. The minimum atomic E-state index is -0.309. The zero-order valence-electron chi connectivity index (χ0n) is 13.2. The Morgan fingerprint density at radius 2 is 2.10 bits per heavy atom. The molecule has 0 radical (unpaired) electrons. The molecule has 1 aromatic heterocycles. The van der Waals surface area contributed by atoms with Crippen LogP contribution in [0.15, 0.2) is 18.2 Å². The molecule has 1 heterocycles. The van der Waals surface area contributed by atoms with Gasteiger partial charge in [-0.15, -0.1) is 0 Å². The number of rotatable bonds is 5. The lowest BCUT2D eigenvalue weighted by molar-refractivity contribution is 0.412. The molecule has 0 amide bonds. The van der Waals surface area contributed by atoms with Crippen LogP contribution in [0.4, 0.5) is 10.1 Å². The first-order valence-electron chi connectivity index (χ1n) is 7.11. The van der Waals surface area contributed by atoms with Crippen molar-refractivity contribution in [2.24, 2.45) is 0 Å². The molecule has 0 saturated carbocycles. The summed E-state index contributed by atoms with van der Waals surface area (Å²) in [5, 5.41) is 7.91. The number of benzene rings is 1. The van der Waals surface area contributed by atoms with Gasteiger partial charge >= 0.3 is 0 Å². The fraction of sp³-hybridized carbons (Fsp3) is 0.438. The summed E-state index contributed by atoms with van der Waals surface area (Å²) < 4.78 is 20.5. The fourth-order valence-corrected chi connectivity index (χ4v) is 2.74. The van der Waals surface area contributed by atoms with Gasteiger partial charge in [0.25, 0.3) is 0 Å². The van der Waals surface area contributed by atoms with E-state index < -0.39 is 0 Å². The maximum absolute atomic E-state index is 13.3. The number of aromatic nitrogens is 2. The normalized spacial score (nSPS) is 12.3. The van der Waals surface area contributed by atoms with Gasteiger partial charge in [0, 0.05) is 23.9 Å². The van der Waals surface area contributed by atoms with Gasteiger partial charge < -0.3 is 10.1 Å². The summed E-state index contributed by atoms with van der Waals surface area (Å²) in [4.78, 5) is 0. The highest BCUT2D eigenvalue weighted by molar-refractivity contribution is 5.58. The van der Waals surface area contributed by atoms with Crippen LogP contribution in [0.1, 0.15) is 36.8 Å². The number of nitrogens with one attached hydrogen (secondary N) is 1. The van der Waals surface area contributed by atoms with Gasteiger partial charge in [-0.1, -0.05) is 0 Å². The Kier molecular flexibility index (Phi) is 4.50. The second-order valence-corrected chi connectivity index (χ2v) is 5.11. The van der Waals surface area contributed by atoms with Crippen LogP contribution < -0.4 is 10.1 Å². The second kappa shape index (κ2) is 6.16. The van der Waals surface area contributed by atoms with Crippen LogP contribution in [-0.4, -0.2) is 16.9 Å². The summed E-state index contributed by atoms with van der Waals surface area (Å²) >= 11 is 0. The molecular formula is C16H22FN3O. The number of methoxy groups -OCH3 is 1. The minimum absolute atomic E-state index is 0.0599. The molecule has 1 unspecified atom stereocenters. The van der Waals surface area contributed by atoms with Crippen LogP contribution in [0.25, 0.3) is 0 Å². The van der Waals surface area contributed by atoms with E-state index in [1.807, 2.05) is 11.6 Å². The molecule has 114 valence electrons. The average Bonchev–Trinajstić information content (AvgIpc) is 2.75. The highest BCUT2D eigenvalue weighted by Crippen LogP contribution is 2.30. The topological polar surface area (TPSA) is 39.1 Å². The standard InChI is InChI=1S/C16H22FN3O/c1-6-20-12(4)16(11(3)19-20)10(2)18-14-8-7-13(17)9-15(14)21-5/h7-10,18H,6H2,1-5H3. The number of anilines is 1. The monoisotopic (exact) mass is 291 g/mol. The smallest absolute Gasteiger partial charge is 0.144 e. The molecule has 1 N–H and O–H groups in total. The molecule has 0 aliphatic heterocycles. The summed E-state index contributed by atoms with van der Waals surface area (Å²) in [6.07, 6.45) is 0. The van der Waals surface area contributed by atoms with E-state index in [0.717, 1.165) is 23.6 Å². The maximum atomic E-state index is 13.3. The van der Waals surface area contributed by atoms with E-state index in [-0.39, 0.29) is 11.9 Å². The van der Waals surface area contributed by atoms with Crippen LogP contribution in [-0.2, 0) is 6.54 Å². The van der Waals surface area contributed by atoms with E-state index >= 15 is 0 Å². The van der Waals surface area contributed by atoms with E-state index in [1.54, 1.807) is 6.07 Å². The van der Waals surface area contributed by atoms with Gasteiger partial charge in [-0.25, -0.2) is 4.39 Å². The zero-order chi connectivity index (χ0) is 15.6. The third-order valence-corrected chi connectivity index (χ3v) is 3.71. The lowest BCUT2D eigenvalue weighted by Crippen LogP contribution is -2.10. The van der Waals surface area contributed by atoms with Crippen LogP contribution in [0, 0.1) is 19.7 Å². The van der Waals surface area contributed by atoms with Gasteiger partial charge in [-0.05, 0) is 39.8 Å². The SMILES string of the molecule is CCn1nc(C)c(C(C)Nc2ccc(F)cc2OC)c1C. The first-order valence-corrected chi connectivity index (χ1v) is 7.11. The molecule has 21 heavy (non-hydrogen) atoms. The number of hydrogen-bond acceptors (Lipinski definition) is 3. The maximum Gasteiger partial charge on any atom is 0.144 e. The minimum Gasteiger partial charge on any atom is -0.494 e. The molecule has 0 spiro atoms. The first kappa shape index (κ1) is 15.4. The average molecular weight is 291 g/mol. The summed E-state index contributed by atoms with van der Waals surface area (Å²) in [5.74, 6) is 0.191. The fourth-order valence-electron chi connectivity index (χ4n) is 2.74. The molecule has 0 aliphatic carbocycles. The molecule has 0 saturated heterocycles. The molecule has 2 rings (SSSR count). The van der Waals surface area contributed by atoms with Gasteiger partial charge in [-0.3, -0.25) is 4.68 Å². The van der Waals surface area contributed by atoms with Crippen LogP contribution >= 0.6 is 0 Å². The summed E-state index contributed by atoms with van der Waals surface area (Å²) in [6.45, 7) is 9.07. The van der Waals surface area contributed by atoms with E-state index in [1.165, 1.54) is 24.8 Å². The predicted molar refractivity (Wildman–Crippen MR) is 82.4 cm³/mol. The van der Waals surface area contributed by atoms with Gasteiger partial charge in [0.1, 0.15) is 11.6 Å². The Morgan fingerprint density at radius 1 is 1.38 bits per heavy atom. The Balaban J connectivity index is 2.30. The highest BCUT2D eigenvalue weighted by atomic mass is 19.1. The molecule has 0 aliphatic rings. The Labute approximate surface area is 124 Å². The highest BCUT2D eigenvalue weighted by Gasteiger charge is 2.18. The van der Waals surface area contributed by atoms with E-state index in [2.05, 4.69) is 31.2 Å². The van der Waals surface area contributed by atoms with Crippen molar-refractivity contribution in [3.8, 4) is 5.75 Å². The van der Waals surface area contributed by atoms with Crippen LogP contribution in [0.5, 0.6) is 5.75 Å². The molecule has 2 aromatic rings. The van der Waals surface area contributed by atoms with E-state index in [4.69, 9.17) is 4.74 Å². The first-order chi connectivity index (χ1) is 9.97. The van der Waals surface area contributed by atoms with Crippen molar-refractivity contribution in [1.29, 1.82) is 0 Å². The number of nitrogens with zero attached hydrogens (tertiary/aromatic N) is 2. The third kappa shape index (κ3) is 3.01. The Hall–Kier alpha value is -2.04. The quantitative estimate of drug-likeness (QED) is 0.909. The van der Waals surface area contributed by atoms with Gasteiger partial charge in [-0.2, -0.15) is 5.10 Å². The van der Waals surface area contributed by atoms with Crippen molar-refractivity contribution in [3.05, 3.63) is 41.0 Å². The molecule has 1 atom stereocenters. The lowest BCUT2D eigenvalue weighted by atomic mass is 10.1. The molecule has 5 heteroatoms. The van der Waals surface area contributed by atoms with Crippen LogP contribution in [0.3, 0.4) is 0 Å². The summed E-state index contributed by atoms with van der Waals surface area (Å²) in [6, 6.07) is 4.56. The summed E-state index contributed by atoms with van der Waals surface area (Å²) in [7, 11) is 1.54. The molecule has 1 aromatic carbocycles. The van der Waals surface area contributed by atoms with Gasteiger partial charge in [0.15, 0.2) is 0 Å². The van der Waals surface area contributed by atoms with Crippen molar-refractivity contribution < 1.29 is 9.13 Å². The van der Waals surface area contributed by atoms with E-state index in [0.29, 0.717) is 5.75 Å². The number of hydrogen-bond donors (Lipinski definition) is 1. The molecule has 0 fully saturated rings. The van der Waals surface area contributed by atoms with E-state index in [9.17, 15) is 4.39 Å². The van der Waals surface area contributed by atoms with Gasteiger partial charge in [0.2, 0.25) is 0 Å². The van der Waals surface area contributed by atoms with Gasteiger partial charge in [0.05, 0.1) is 24.5 Å². The zero-order valence-corrected chi connectivity index (χ0v) is 13.2. The number of ether oxygens (including phenoxy) is 1. The lowest BCUT2D eigenvalue weighted by Gasteiger charge is -2.18. The Bertz CT molecular complexity index is 637. The largest absolute Gasteiger partial charge is 0.494 e. The third-order valence-electron chi connectivity index (χ3n) is 3.71.